The van der Waals surface area contributed by atoms with Crippen LogP contribution in [0.5, 0.6) is 0 Å². The molecule has 1 heterocycles. The quantitative estimate of drug-likeness (QED) is 0.781. The van der Waals surface area contributed by atoms with Gasteiger partial charge in [-0.05, 0) is 50.3 Å². The Morgan fingerprint density at radius 3 is 2.74 bits per heavy atom. The molecule has 1 aliphatic carbocycles. The summed E-state index contributed by atoms with van der Waals surface area (Å²) in [7, 11) is 0. The van der Waals surface area contributed by atoms with Gasteiger partial charge in [0.25, 0.3) is 0 Å². The van der Waals surface area contributed by atoms with Gasteiger partial charge in [0.1, 0.15) is 0 Å². The van der Waals surface area contributed by atoms with Crippen LogP contribution in [-0.2, 0) is 9.53 Å². The molecule has 1 atom stereocenters. The number of aryl methyl sites for hydroxylation is 1. The number of anilines is 2. The molecule has 1 saturated carbocycles. The predicted octanol–water partition coefficient (Wildman–Crippen LogP) is 2.64. The van der Waals surface area contributed by atoms with Crippen molar-refractivity contribution < 1.29 is 14.3 Å². The number of amides is 3. The molecule has 23 heavy (non-hydrogen) atoms. The summed E-state index contributed by atoms with van der Waals surface area (Å²) < 4.78 is 5.48. The van der Waals surface area contributed by atoms with E-state index in [1.54, 1.807) is 6.07 Å². The van der Waals surface area contributed by atoms with Crippen LogP contribution in [0, 0.1) is 12.8 Å². The molecule has 6 heteroatoms. The Balaban J connectivity index is 1.54. The predicted molar refractivity (Wildman–Crippen MR) is 88.5 cm³/mol. The molecule has 0 spiro atoms. The second kappa shape index (κ2) is 7.00. The fourth-order valence-electron chi connectivity index (χ4n) is 2.60. The van der Waals surface area contributed by atoms with Crippen molar-refractivity contribution in [3.8, 4) is 0 Å². The molecule has 2 fully saturated rings. The van der Waals surface area contributed by atoms with Crippen LogP contribution in [0.25, 0.3) is 0 Å². The number of carbonyl (C=O) groups excluding carboxylic acids is 2. The second-order valence-corrected chi connectivity index (χ2v) is 6.26. The van der Waals surface area contributed by atoms with Gasteiger partial charge in [-0.2, -0.15) is 0 Å². The van der Waals surface area contributed by atoms with Gasteiger partial charge in [0.15, 0.2) is 0 Å². The normalized spacial score (nSPS) is 20.1. The highest BCUT2D eigenvalue weighted by atomic mass is 16.5. The van der Waals surface area contributed by atoms with Crippen molar-refractivity contribution in [2.75, 3.05) is 23.8 Å². The molecule has 124 valence electrons. The first-order valence-corrected chi connectivity index (χ1v) is 8.20. The molecule has 1 aromatic carbocycles. The lowest BCUT2D eigenvalue weighted by Crippen LogP contribution is -2.35. The van der Waals surface area contributed by atoms with Gasteiger partial charge in [-0.3, -0.25) is 4.79 Å². The zero-order valence-electron chi connectivity index (χ0n) is 13.4. The zero-order valence-corrected chi connectivity index (χ0v) is 13.4. The number of rotatable bonds is 5. The third-order valence-electron chi connectivity index (χ3n) is 4.22. The number of hydrogen-bond donors (Lipinski definition) is 3. The molecule has 0 aromatic heterocycles. The van der Waals surface area contributed by atoms with Gasteiger partial charge in [-0.25, -0.2) is 4.79 Å². The van der Waals surface area contributed by atoms with E-state index in [4.69, 9.17) is 4.74 Å². The maximum absolute atomic E-state index is 12.0. The summed E-state index contributed by atoms with van der Waals surface area (Å²) in [5.41, 5.74) is 2.35. The van der Waals surface area contributed by atoms with Crippen LogP contribution in [0.4, 0.5) is 16.2 Å². The van der Waals surface area contributed by atoms with Crippen molar-refractivity contribution in [1.82, 2.24) is 5.32 Å². The molecule has 1 aromatic rings. The highest BCUT2D eigenvalue weighted by molar-refractivity contribution is 5.96. The monoisotopic (exact) mass is 317 g/mol. The summed E-state index contributed by atoms with van der Waals surface area (Å²) in [6.45, 7) is 3.21. The highest BCUT2D eigenvalue weighted by Gasteiger charge is 2.29. The number of benzene rings is 1. The van der Waals surface area contributed by atoms with Gasteiger partial charge < -0.3 is 20.7 Å². The summed E-state index contributed by atoms with van der Waals surface area (Å²) in [5.74, 6) is 0.213. The Morgan fingerprint density at radius 1 is 1.22 bits per heavy atom. The van der Waals surface area contributed by atoms with E-state index in [2.05, 4.69) is 16.0 Å². The lowest BCUT2D eigenvalue weighted by Gasteiger charge is -2.14. The minimum atomic E-state index is -0.255. The van der Waals surface area contributed by atoms with Gasteiger partial charge in [0, 0.05) is 30.4 Å². The first kappa shape index (κ1) is 15.8. The average molecular weight is 317 g/mol. The fraction of sp³-hybridized carbons (Fsp3) is 0.529. The molecule has 2 aliphatic rings. The average Bonchev–Trinajstić information content (AvgIpc) is 3.25. The van der Waals surface area contributed by atoms with Gasteiger partial charge in [0.2, 0.25) is 5.91 Å². The topological polar surface area (TPSA) is 79.5 Å². The smallest absolute Gasteiger partial charge is 0.319 e. The van der Waals surface area contributed by atoms with Gasteiger partial charge in [0.05, 0.1) is 6.10 Å². The van der Waals surface area contributed by atoms with Crippen LogP contribution in [0.3, 0.4) is 0 Å². The molecule has 3 rings (SSSR count). The summed E-state index contributed by atoms with van der Waals surface area (Å²) in [4.78, 5) is 23.8. The standard InChI is InChI=1S/C17H23N3O3/c1-11-4-7-13(19-16(21)12-5-6-12)9-15(11)20-17(22)18-10-14-3-2-8-23-14/h4,7,9,12,14H,2-3,5-6,8,10H2,1H3,(H,19,21)(H2,18,20,22). The maximum Gasteiger partial charge on any atom is 0.319 e. The Hall–Kier alpha value is -2.08. The molecule has 1 unspecified atom stereocenters. The number of carbonyl (C=O) groups is 2. The van der Waals surface area contributed by atoms with Crippen LogP contribution in [0.1, 0.15) is 31.2 Å². The third-order valence-corrected chi connectivity index (χ3v) is 4.22. The van der Waals surface area contributed by atoms with Crippen molar-refractivity contribution in [3.05, 3.63) is 23.8 Å². The Bertz CT molecular complexity index is 593. The van der Waals surface area contributed by atoms with Crippen molar-refractivity contribution in [2.45, 2.75) is 38.7 Å². The van der Waals surface area contributed by atoms with Gasteiger partial charge >= 0.3 is 6.03 Å². The van der Waals surface area contributed by atoms with Crippen molar-refractivity contribution in [2.24, 2.45) is 5.92 Å². The van der Waals surface area contributed by atoms with E-state index in [0.29, 0.717) is 17.9 Å². The minimum absolute atomic E-state index is 0.0580. The summed E-state index contributed by atoms with van der Waals surface area (Å²) in [6.07, 6.45) is 4.09. The van der Waals surface area contributed by atoms with E-state index in [1.165, 1.54) is 0 Å². The molecule has 0 radical (unpaired) electrons. The van der Waals surface area contributed by atoms with E-state index in [1.807, 2.05) is 19.1 Å². The minimum Gasteiger partial charge on any atom is -0.376 e. The van der Waals surface area contributed by atoms with E-state index in [9.17, 15) is 9.59 Å². The first-order valence-electron chi connectivity index (χ1n) is 8.20. The molecule has 0 bridgehead atoms. The number of ether oxygens (including phenoxy) is 1. The van der Waals surface area contributed by atoms with Crippen LogP contribution in [0.2, 0.25) is 0 Å². The Kier molecular flexibility index (Phi) is 4.81. The van der Waals surface area contributed by atoms with Crippen molar-refractivity contribution in [3.63, 3.8) is 0 Å². The largest absolute Gasteiger partial charge is 0.376 e. The SMILES string of the molecule is Cc1ccc(NC(=O)C2CC2)cc1NC(=O)NCC1CCCO1. The molecule has 1 aliphatic heterocycles. The molecule has 6 nitrogen and oxygen atoms in total. The van der Waals surface area contributed by atoms with Gasteiger partial charge in [-0.15, -0.1) is 0 Å². The number of nitrogens with one attached hydrogen (secondary N) is 3. The van der Waals surface area contributed by atoms with Gasteiger partial charge in [-0.1, -0.05) is 6.07 Å². The zero-order chi connectivity index (χ0) is 16.2. The van der Waals surface area contributed by atoms with E-state index in [-0.39, 0.29) is 24.0 Å². The summed E-state index contributed by atoms with van der Waals surface area (Å²) in [6, 6.07) is 5.28. The van der Waals surface area contributed by atoms with Crippen LogP contribution < -0.4 is 16.0 Å². The first-order chi connectivity index (χ1) is 11.1. The van der Waals surface area contributed by atoms with E-state index in [0.717, 1.165) is 37.9 Å². The highest BCUT2D eigenvalue weighted by Crippen LogP contribution is 2.30. The van der Waals surface area contributed by atoms with Crippen LogP contribution in [0.15, 0.2) is 18.2 Å². The summed E-state index contributed by atoms with van der Waals surface area (Å²) in [5, 5.41) is 8.55. The molecule has 3 amide bonds. The molecular formula is C17H23N3O3. The van der Waals surface area contributed by atoms with E-state index < -0.39 is 0 Å². The lowest BCUT2D eigenvalue weighted by molar-refractivity contribution is -0.117. The number of urea groups is 1. The van der Waals surface area contributed by atoms with Crippen LogP contribution >= 0.6 is 0 Å². The van der Waals surface area contributed by atoms with Crippen molar-refractivity contribution >= 4 is 23.3 Å². The van der Waals surface area contributed by atoms with E-state index >= 15 is 0 Å². The second-order valence-electron chi connectivity index (χ2n) is 6.26. The van der Waals surface area contributed by atoms with Crippen molar-refractivity contribution in [1.29, 1.82) is 0 Å². The number of hydrogen-bond acceptors (Lipinski definition) is 3. The maximum atomic E-state index is 12.0. The molecule has 1 saturated heterocycles. The third kappa shape index (κ3) is 4.45. The van der Waals surface area contributed by atoms with Crippen LogP contribution in [-0.4, -0.2) is 31.2 Å². The fourth-order valence-corrected chi connectivity index (χ4v) is 2.60. The molecule has 3 N–H and O–H groups in total. The molecular weight excluding hydrogens is 294 g/mol. The summed E-state index contributed by atoms with van der Waals surface area (Å²) >= 11 is 0. The Labute approximate surface area is 136 Å². The Morgan fingerprint density at radius 2 is 2.04 bits per heavy atom. The lowest BCUT2D eigenvalue weighted by atomic mass is 10.1.